The standard InChI is InChI=1S/C17H29N3O2/c1-4-21-14-12-20-17(18-3)19-11-8-13-22-15(2)16-9-6-5-7-10-16/h5-7,9-10,15H,4,8,11-14H2,1-3H3,(H2,18,19,20). The number of ether oxygens (including phenoxy) is 2. The molecule has 5 heteroatoms. The van der Waals surface area contributed by atoms with Crippen LogP contribution < -0.4 is 10.6 Å². The summed E-state index contributed by atoms with van der Waals surface area (Å²) >= 11 is 0. The van der Waals surface area contributed by atoms with E-state index in [1.54, 1.807) is 7.05 Å². The number of guanidine groups is 1. The fraction of sp³-hybridized carbons (Fsp3) is 0.588. The van der Waals surface area contributed by atoms with Crippen LogP contribution in [0, 0.1) is 0 Å². The van der Waals surface area contributed by atoms with Gasteiger partial charge in [0.05, 0.1) is 12.7 Å². The maximum Gasteiger partial charge on any atom is 0.191 e. The van der Waals surface area contributed by atoms with Crippen molar-refractivity contribution in [2.45, 2.75) is 26.4 Å². The lowest BCUT2D eigenvalue weighted by atomic mass is 10.1. The van der Waals surface area contributed by atoms with Gasteiger partial charge in [-0.3, -0.25) is 4.99 Å². The number of rotatable bonds is 10. The average molecular weight is 307 g/mol. The fourth-order valence-corrected chi connectivity index (χ4v) is 1.97. The molecule has 1 atom stereocenters. The molecule has 0 spiro atoms. The van der Waals surface area contributed by atoms with Gasteiger partial charge in [0.2, 0.25) is 0 Å². The van der Waals surface area contributed by atoms with Gasteiger partial charge in [0.15, 0.2) is 5.96 Å². The molecule has 0 saturated carbocycles. The number of nitrogens with one attached hydrogen (secondary N) is 2. The second kappa shape index (κ2) is 12.0. The normalized spacial score (nSPS) is 13.0. The van der Waals surface area contributed by atoms with Crippen LogP contribution in [0.2, 0.25) is 0 Å². The SMILES string of the molecule is CCOCCNC(=NC)NCCCOC(C)c1ccccc1. The van der Waals surface area contributed by atoms with Crippen LogP contribution in [0.4, 0.5) is 0 Å². The Kier molecular flexibility index (Phi) is 10.1. The molecule has 22 heavy (non-hydrogen) atoms. The minimum atomic E-state index is 0.129. The first-order chi connectivity index (χ1) is 10.8. The predicted octanol–water partition coefficient (Wildman–Crippen LogP) is 2.36. The van der Waals surface area contributed by atoms with Crippen LogP contribution >= 0.6 is 0 Å². The number of aliphatic imine (C=N–C) groups is 1. The largest absolute Gasteiger partial charge is 0.380 e. The lowest BCUT2D eigenvalue weighted by Gasteiger charge is -2.14. The smallest absolute Gasteiger partial charge is 0.191 e. The molecule has 0 amide bonds. The quantitative estimate of drug-likeness (QED) is 0.396. The third kappa shape index (κ3) is 8.00. The van der Waals surface area contributed by atoms with Gasteiger partial charge in [-0.1, -0.05) is 30.3 Å². The van der Waals surface area contributed by atoms with E-state index in [-0.39, 0.29) is 6.10 Å². The molecule has 0 fully saturated rings. The third-order valence-electron chi connectivity index (χ3n) is 3.22. The van der Waals surface area contributed by atoms with Crippen molar-refractivity contribution in [3.8, 4) is 0 Å². The maximum absolute atomic E-state index is 5.84. The Morgan fingerprint density at radius 1 is 1.14 bits per heavy atom. The summed E-state index contributed by atoms with van der Waals surface area (Å²) in [5.74, 6) is 0.802. The van der Waals surface area contributed by atoms with E-state index in [9.17, 15) is 0 Å². The summed E-state index contributed by atoms with van der Waals surface area (Å²) in [6, 6.07) is 10.3. The first-order valence-corrected chi connectivity index (χ1v) is 7.96. The molecule has 0 aromatic heterocycles. The summed E-state index contributed by atoms with van der Waals surface area (Å²) in [4.78, 5) is 4.16. The molecule has 0 aliphatic heterocycles. The summed E-state index contributed by atoms with van der Waals surface area (Å²) in [5, 5.41) is 6.47. The lowest BCUT2D eigenvalue weighted by Crippen LogP contribution is -2.39. The van der Waals surface area contributed by atoms with Crippen molar-refractivity contribution >= 4 is 5.96 Å². The summed E-state index contributed by atoms with van der Waals surface area (Å²) in [6.07, 6.45) is 1.06. The van der Waals surface area contributed by atoms with E-state index in [2.05, 4.69) is 34.7 Å². The Labute approximate surface area is 134 Å². The zero-order chi connectivity index (χ0) is 16.0. The zero-order valence-electron chi connectivity index (χ0n) is 14.0. The molecule has 1 aromatic rings. The first-order valence-electron chi connectivity index (χ1n) is 7.96. The molecule has 0 aliphatic rings. The van der Waals surface area contributed by atoms with Crippen molar-refractivity contribution < 1.29 is 9.47 Å². The Hall–Kier alpha value is -1.59. The second-order valence-electron chi connectivity index (χ2n) is 4.90. The van der Waals surface area contributed by atoms with Gasteiger partial charge >= 0.3 is 0 Å². The third-order valence-corrected chi connectivity index (χ3v) is 3.22. The first kappa shape index (κ1) is 18.5. The number of nitrogens with zero attached hydrogens (tertiary/aromatic N) is 1. The highest BCUT2D eigenvalue weighted by atomic mass is 16.5. The lowest BCUT2D eigenvalue weighted by molar-refractivity contribution is 0.0646. The van der Waals surface area contributed by atoms with E-state index in [1.807, 2.05) is 25.1 Å². The van der Waals surface area contributed by atoms with Crippen LogP contribution in [-0.4, -0.2) is 45.9 Å². The minimum Gasteiger partial charge on any atom is -0.380 e. The topological polar surface area (TPSA) is 54.9 Å². The summed E-state index contributed by atoms with van der Waals surface area (Å²) in [6.45, 7) is 7.81. The van der Waals surface area contributed by atoms with Crippen LogP contribution in [0.25, 0.3) is 0 Å². The molecule has 1 aromatic carbocycles. The van der Waals surface area contributed by atoms with Crippen molar-refractivity contribution in [3.05, 3.63) is 35.9 Å². The van der Waals surface area contributed by atoms with Crippen molar-refractivity contribution in [2.24, 2.45) is 4.99 Å². The van der Waals surface area contributed by atoms with E-state index < -0.39 is 0 Å². The molecule has 0 aliphatic carbocycles. The predicted molar refractivity (Wildman–Crippen MR) is 91.3 cm³/mol. The minimum absolute atomic E-state index is 0.129. The highest BCUT2D eigenvalue weighted by Gasteiger charge is 2.04. The van der Waals surface area contributed by atoms with Gasteiger partial charge in [0.25, 0.3) is 0 Å². The Morgan fingerprint density at radius 2 is 1.86 bits per heavy atom. The molecule has 0 heterocycles. The van der Waals surface area contributed by atoms with E-state index in [0.717, 1.165) is 38.7 Å². The highest BCUT2D eigenvalue weighted by Crippen LogP contribution is 2.15. The molecule has 0 saturated heterocycles. The van der Waals surface area contributed by atoms with Crippen LogP contribution in [-0.2, 0) is 9.47 Å². The van der Waals surface area contributed by atoms with Crippen molar-refractivity contribution in [2.75, 3.05) is 40.0 Å². The average Bonchev–Trinajstić information content (AvgIpc) is 2.57. The van der Waals surface area contributed by atoms with Gasteiger partial charge in [-0.15, -0.1) is 0 Å². The Balaban J connectivity index is 2.08. The molecular formula is C17H29N3O2. The van der Waals surface area contributed by atoms with Gasteiger partial charge in [-0.05, 0) is 25.8 Å². The van der Waals surface area contributed by atoms with Crippen LogP contribution in [0.1, 0.15) is 31.9 Å². The molecule has 1 unspecified atom stereocenters. The summed E-state index contributed by atoms with van der Waals surface area (Å²) in [7, 11) is 1.77. The maximum atomic E-state index is 5.84. The molecule has 2 N–H and O–H groups in total. The Bertz CT molecular complexity index is 410. The van der Waals surface area contributed by atoms with Gasteiger partial charge in [0, 0.05) is 33.4 Å². The van der Waals surface area contributed by atoms with Crippen molar-refractivity contribution in [1.29, 1.82) is 0 Å². The monoisotopic (exact) mass is 307 g/mol. The van der Waals surface area contributed by atoms with Crippen LogP contribution in [0.5, 0.6) is 0 Å². The molecule has 5 nitrogen and oxygen atoms in total. The molecule has 0 bridgehead atoms. The van der Waals surface area contributed by atoms with E-state index in [1.165, 1.54) is 5.56 Å². The van der Waals surface area contributed by atoms with Gasteiger partial charge < -0.3 is 20.1 Å². The Morgan fingerprint density at radius 3 is 2.55 bits per heavy atom. The number of hydrogen-bond acceptors (Lipinski definition) is 3. The highest BCUT2D eigenvalue weighted by molar-refractivity contribution is 5.79. The van der Waals surface area contributed by atoms with Crippen LogP contribution in [0.3, 0.4) is 0 Å². The number of hydrogen-bond donors (Lipinski definition) is 2. The van der Waals surface area contributed by atoms with Crippen molar-refractivity contribution in [3.63, 3.8) is 0 Å². The number of benzene rings is 1. The molecule has 124 valence electrons. The van der Waals surface area contributed by atoms with Gasteiger partial charge in [-0.25, -0.2) is 0 Å². The molecule has 1 rings (SSSR count). The second-order valence-corrected chi connectivity index (χ2v) is 4.90. The summed E-state index contributed by atoms with van der Waals surface area (Å²) in [5.41, 5.74) is 1.21. The molecular weight excluding hydrogens is 278 g/mol. The van der Waals surface area contributed by atoms with Crippen molar-refractivity contribution in [1.82, 2.24) is 10.6 Å². The molecule has 0 radical (unpaired) electrons. The van der Waals surface area contributed by atoms with E-state index in [0.29, 0.717) is 6.61 Å². The van der Waals surface area contributed by atoms with Gasteiger partial charge in [-0.2, -0.15) is 0 Å². The summed E-state index contributed by atoms with van der Waals surface area (Å²) < 4.78 is 11.1. The van der Waals surface area contributed by atoms with Crippen LogP contribution in [0.15, 0.2) is 35.3 Å². The fourth-order valence-electron chi connectivity index (χ4n) is 1.97. The van der Waals surface area contributed by atoms with E-state index >= 15 is 0 Å². The van der Waals surface area contributed by atoms with Gasteiger partial charge in [0.1, 0.15) is 0 Å². The van der Waals surface area contributed by atoms with E-state index in [4.69, 9.17) is 9.47 Å². The zero-order valence-corrected chi connectivity index (χ0v) is 14.0.